The number of esters is 1. The first-order valence-electron chi connectivity index (χ1n) is 38.0. The van der Waals surface area contributed by atoms with Gasteiger partial charge in [-0.1, -0.05) is 405 Å². The Morgan fingerprint density at radius 1 is 0.329 bits per heavy atom. The first kappa shape index (κ1) is 80.6. The maximum absolute atomic E-state index is 12.5. The Hall–Kier alpha value is -1.40. The fourth-order valence-corrected chi connectivity index (χ4v) is 12.3. The topological polar surface area (TPSA) is 95.9 Å². The normalized spacial score (nSPS) is 12.5. The van der Waals surface area contributed by atoms with E-state index in [2.05, 4.69) is 19.2 Å². The number of carbonyl (C=O) groups excluding carboxylic acids is 2. The molecule has 1 amide bonds. The lowest BCUT2D eigenvalue weighted by molar-refractivity contribution is -0.143. The molecule has 488 valence electrons. The second-order valence-corrected chi connectivity index (χ2v) is 26.4. The van der Waals surface area contributed by atoms with E-state index in [0.29, 0.717) is 19.4 Å². The van der Waals surface area contributed by atoms with Gasteiger partial charge in [0.15, 0.2) is 0 Å². The lowest BCUT2D eigenvalue weighted by atomic mass is 10.0. The highest BCUT2D eigenvalue weighted by atomic mass is 16.5. The summed E-state index contributed by atoms with van der Waals surface area (Å²) in [6.07, 6.45) is 90.5. The van der Waals surface area contributed by atoms with Crippen LogP contribution >= 0.6 is 0 Å². The molecule has 0 saturated heterocycles. The van der Waals surface area contributed by atoms with Crippen LogP contribution in [0.1, 0.15) is 438 Å². The van der Waals surface area contributed by atoms with Crippen LogP contribution in [0.25, 0.3) is 0 Å². The monoisotopic (exact) mass is 1160 g/mol. The number of aliphatic hydroxyl groups excluding tert-OH is 2. The second-order valence-electron chi connectivity index (χ2n) is 26.4. The molecule has 0 aromatic rings. The molecular weight excluding hydrogens is 1010 g/mol. The Bertz CT molecular complexity index is 1240. The van der Waals surface area contributed by atoms with Gasteiger partial charge in [-0.15, -0.1) is 0 Å². The van der Waals surface area contributed by atoms with Crippen molar-refractivity contribution in [1.82, 2.24) is 5.32 Å². The van der Waals surface area contributed by atoms with Crippen LogP contribution in [0.2, 0.25) is 0 Å². The molecule has 0 aromatic heterocycles. The van der Waals surface area contributed by atoms with E-state index in [0.717, 1.165) is 38.5 Å². The van der Waals surface area contributed by atoms with E-state index in [4.69, 9.17) is 4.74 Å². The van der Waals surface area contributed by atoms with E-state index in [1.54, 1.807) is 6.08 Å². The van der Waals surface area contributed by atoms with Crippen molar-refractivity contribution in [2.75, 3.05) is 13.2 Å². The lowest BCUT2D eigenvalue weighted by Gasteiger charge is -2.20. The SMILES string of the molecule is CCCCCCCCCCCCCCCCC/C=C/C(O)C(CO)NC(=O)CCCCCCCCCCCCCCCCCCCCCCCCCCCCCCCCCCCCCCCOC(=O)CCCCCCCCCCCCC. The highest BCUT2D eigenvalue weighted by Gasteiger charge is 2.18. The average molecular weight is 1160 g/mol. The van der Waals surface area contributed by atoms with Crippen LogP contribution in [0, 0.1) is 0 Å². The molecule has 0 aliphatic carbocycles. The molecule has 0 rings (SSSR count). The van der Waals surface area contributed by atoms with Crippen LogP contribution in [0.5, 0.6) is 0 Å². The van der Waals surface area contributed by atoms with Crippen LogP contribution < -0.4 is 5.32 Å². The zero-order valence-electron chi connectivity index (χ0n) is 56.0. The maximum Gasteiger partial charge on any atom is 0.305 e. The van der Waals surface area contributed by atoms with Gasteiger partial charge in [0.05, 0.1) is 25.4 Å². The average Bonchev–Trinajstić information content (AvgIpc) is 3.48. The van der Waals surface area contributed by atoms with Crippen molar-refractivity contribution >= 4 is 11.9 Å². The fraction of sp³-hybridized carbons (Fsp3) is 0.947. The molecule has 0 heterocycles. The molecule has 3 N–H and O–H groups in total. The Kier molecular flexibility index (Phi) is 70.8. The number of ether oxygens (including phenoxy) is 1. The summed E-state index contributed by atoms with van der Waals surface area (Å²) in [7, 11) is 0. The molecule has 2 unspecified atom stereocenters. The van der Waals surface area contributed by atoms with Crippen molar-refractivity contribution in [2.45, 2.75) is 450 Å². The summed E-state index contributed by atoms with van der Waals surface area (Å²) in [6, 6.07) is -0.623. The van der Waals surface area contributed by atoms with Crippen molar-refractivity contribution in [3.05, 3.63) is 12.2 Å². The highest BCUT2D eigenvalue weighted by Crippen LogP contribution is 2.20. The minimum Gasteiger partial charge on any atom is -0.466 e. The number of rotatable bonds is 72. The number of unbranched alkanes of at least 4 members (excludes halogenated alkanes) is 61. The summed E-state index contributed by atoms with van der Waals surface area (Å²) in [5.41, 5.74) is 0. The number of hydrogen-bond acceptors (Lipinski definition) is 5. The molecule has 6 heteroatoms. The van der Waals surface area contributed by atoms with Gasteiger partial charge in [-0.3, -0.25) is 9.59 Å². The first-order valence-corrected chi connectivity index (χ1v) is 38.0. The van der Waals surface area contributed by atoms with Gasteiger partial charge in [0.1, 0.15) is 0 Å². The standard InChI is InChI=1S/C76H149NO5/c1-3-5-7-9-11-13-15-16-17-39-42-45-49-52-56-60-64-68-74(79)73(72-78)77-75(80)69-65-61-57-53-50-46-43-40-37-35-33-31-29-27-25-23-21-19-18-20-22-24-26-28-30-32-34-36-38-41-44-47-51-55-59-63-67-71-82-76(81)70-66-62-58-54-48-14-12-10-8-6-4-2/h64,68,73-74,78-79H,3-63,65-67,69-72H2,1-2H3,(H,77,80)/b68-64+. The molecule has 0 fully saturated rings. The molecule has 0 saturated carbocycles. The highest BCUT2D eigenvalue weighted by molar-refractivity contribution is 5.76. The molecular formula is C76H149NO5. The summed E-state index contributed by atoms with van der Waals surface area (Å²) in [4.78, 5) is 24.5. The zero-order chi connectivity index (χ0) is 59.2. The summed E-state index contributed by atoms with van der Waals surface area (Å²) in [5.74, 6) is -0.0345. The van der Waals surface area contributed by atoms with Crippen LogP contribution in [-0.2, 0) is 14.3 Å². The Labute approximate surface area is 514 Å². The van der Waals surface area contributed by atoms with Gasteiger partial charge in [0, 0.05) is 12.8 Å². The zero-order valence-corrected chi connectivity index (χ0v) is 56.0. The molecule has 2 atom stereocenters. The second kappa shape index (κ2) is 72.1. The number of hydrogen-bond donors (Lipinski definition) is 3. The molecule has 0 aromatic carbocycles. The number of nitrogens with one attached hydrogen (secondary N) is 1. The molecule has 0 aliphatic heterocycles. The van der Waals surface area contributed by atoms with Crippen molar-refractivity contribution in [3.8, 4) is 0 Å². The molecule has 0 radical (unpaired) electrons. The molecule has 0 aliphatic rings. The van der Waals surface area contributed by atoms with Crippen molar-refractivity contribution in [2.24, 2.45) is 0 Å². The van der Waals surface area contributed by atoms with Gasteiger partial charge < -0.3 is 20.3 Å². The summed E-state index contributed by atoms with van der Waals surface area (Å²) in [6.45, 7) is 4.95. The first-order chi connectivity index (χ1) is 40.5. The largest absolute Gasteiger partial charge is 0.466 e. The van der Waals surface area contributed by atoms with E-state index in [-0.39, 0.29) is 18.5 Å². The summed E-state index contributed by atoms with van der Waals surface area (Å²) < 4.78 is 5.48. The maximum atomic E-state index is 12.5. The van der Waals surface area contributed by atoms with E-state index in [9.17, 15) is 19.8 Å². The minimum absolute atomic E-state index is 0.0237. The van der Waals surface area contributed by atoms with Crippen LogP contribution in [0.4, 0.5) is 0 Å². The Balaban J connectivity index is 3.31. The Morgan fingerprint density at radius 2 is 0.561 bits per heavy atom. The van der Waals surface area contributed by atoms with Crippen molar-refractivity contribution in [1.29, 1.82) is 0 Å². The summed E-state index contributed by atoms with van der Waals surface area (Å²) in [5, 5.41) is 23.2. The molecule has 6 nitrogen and oxygen atoms in total. The third-order valence-electron chi connectivity index (χ3n) is 18.1. The number of allylic oxidation sites excluding steroid dienone is 1. The minimum atomic E-state index is -0.840. The fourth-order valence-electron chi connectivity index (χ4n) is 12.3. The van der Waals surface area contributed by atoms with Gasteiger partial charge >= 0.3 is 5.97 Å². The van der Waals surface area contributed by atoms with Gasteiger partial charge in [-0.25, -0.2) is 0 Å². The predicted molar refractivity (Wildman–Crippen MR) is 361 cm³/mol. The number of carbonyl (C=O) groups is 2. The lowest BCUT2D eigenvalue weighted by Crippen LogP contribution is -2.45. The van der Waals surface area contributed by atoms with Crippen LogP contribution in [0.15, 0.2) is 12.2 Å². The van der Waals surface area contributed by atoms with Crippen molar-refractivity contribution in [3.63, 3.8) is 0 Å². The predicted octanol–water partition coefficient (Wildman–Crippen LogP) is 24.7. The van der Waals surface area contributed by atoms with E-state index in [1.807, 2.05) is 6.08 Å². The van der Waals surface area contributed by atoms with Crippen molar-refractivity contribution < 1.29 is 24.5 Å². The van der Waals surface area contributed by atoms with Crippen LogP contribution in [0.3, 0.4) is 0 Å². The van der Waals surface area contributed by atoms with E-state index < -0.39 is 12.1 Å². The van der Waals surface area contributed by atoms with Gasteiger partial charge in [0.25, 0.3) is 0 Å². The van der Waals surface area contributed by atoms with Gasteiger partial charge in [-0.2, -0.15) is 0 Å². The number of aliphatic hydroxyl groups is 2. The smallest absolute Gasteiger partial charge is 0.305 e. The third kappa shape index (κ3) is 67.7. The quantitative estimate of drug-likeness (QED) is 0.0320. The number of amides is 1. The summed E-state index contributed by atoms with van der Waals surface area (Å²) >= 11 is 0. The van der Waals surface area contributed by atoms with Gasteiger partial charge in [-0.05, 0) is 32.1 Å². The molecule has 82 heavy (non-hydrogen) atoms. The third-order valence-corrected chi connectivity index (χ3v) is 18.1. The Morgan fingerprint density at radius 3 is 0.829 bits per heavy atom. The van der Waals surface area contributed by atoms with E-state index >= 15 is 0 Å². The molecule has 0 bridgehead atoms. The molecule has 0 spiro atoms. The van der Waals surface area contributed by atoms with Crippen LogP contribution in [-0.4, -0.2) is 47.4 Å². The van der Waals surface area contributed by atoms with E-state index in [1.165, 1.54) is 372 Å². The van der Waals surface area contributed by atoms with Gasteiger partial charge in [0.2, 0.25) is 5.91 Å².